The van der Waals surface area contributed by atoms with E-state index in [2.05, 4.69) is 0 Å². The molecule has 0 aromatic heterocycles. The lowest BCUT2D eigenvalue weighted by atomic mass is 9.88. The summed E-state index contributed by atoms with van der Waals surface area (Å²) in [4.78, 5) is 16.5. The summed E-state index contributed by atoms with van der Waals surface area (Å²) in [5.74, 6) is -0.197. The number of benzene rings is 1. The number of hydrogen-bond donors (Lipinski definition) is 0. The van der Waals surface area contributed by atoms with Crippen LogP contribution in [0.25, 0.3) is 0 Å². The second kappa shape index (κ2) is 4.29. The van der Waals surface area contributed by atoms with Gasteiger partial charge in [0.05, 0.1) is 7.11 Å². The molecule has 0 aliphatic heterocycles. The quantitative estimate of drug-likeness (QED) is 0.498. The number of carbonyl (C=O) groups excluding carboxylic acids is 1. The summed E-state index contributed by atoms with van der Waals surface area (Å²) in [7, 11) is 8.69. The van der Waals surface area contributed by atoms with Crippen molar-refractivity contribution >= 4 is 19.2 Å². The van der Waals surface area contributed by atoms with Crippen LogP contribution in [0.3, 0.4) is 0 Å². The topological polar surface area (TPSA) is 29.5 Å². The van der Waals surface area contributed by atoms with Gasteiger partial charge in [-0.3, -0.25) is 9.63 Å². The Morgan fingerprint density at radius 2 is 2.14 bits per heavy atom. The third-order valence-electron chi connectivity index (χ3n) is 2.17. The van der Waals surface area contributed by atoms with Crippen LogP contribution >= 0.6 is 0 Å². The standard InChI is InChI=1S/C10H12BNO2/c1-7-8(5-4-6-9(7)11)10(13)12(2)14-3/h4-6H,1-3H3. The second-order valence-corrected chi connectivity index (χ2v) is 3.00. The minimum atomic E-state index is -0.197. The molecule has 2 radical (unpaired) electrons. The van der Waals surface area contributed by atoms with Gasteiger partial charge in [0.15, 0.2) is 0 Å². The molecule has 0 fully saturated rings. The van der Waals surface area contributed by atoms with Crippen molar-refractivity contribution in [3.05, 3.63) is 29.3 Å². The van der Waals surface area contributed by atoms with E-state index in [0.717, 1.165) is 5.56 Å². The summed E-state index contributed by atoms with van der Waals surface area (Å²) < 4.78 is 0. The minimum Gasteiger partial charge on any atom is -0.274 e. The summed E-state index contributed by atoms with van der Waals surface area (Å²) >= 11 is 0. The van der Waals surface area contributed by atoms with Gasteiger partial charge >= 0.3 is 0 Å². The van der Waals surface area contributed by atoms with Gasteiger partial charge in [-0.25, -0.2) is 5.06 Å². The van der Waals surface area contributed by atoms with Gasteiger partial charge in [-0.05, 0) is 18.6 Å². The molecule has 0 saturated heterocycles. The number of hydroxylamine groups is 2. The number of rotatable bonds is 2. The Hall–Kier alpha value is -1.29. The number of carbonyl (C=O) groups is 1. The molecule has 1 aromatic rings. The van der Waals surface area contributed by atoms with E-state index in [1.54, 1.807) is 25.2 Å². The molecule has 0 bridgehead atoms. The van der Waals surface area contributed by atoms with E-state index in [9.17, 15) is 4.79 Å². The molecule has 0 saturated carbocycles. The monoisotopic (exact) mass is 189 g/mol. The highest BCUT2D eigenvalue weighted by Gasteiger charge is 2.13. The smallest absolute Gasteiger partial charge is 0.274 e. The second-order valence-electron chi connectivity index (χ2n) is 3.00. The maximum Gasteiger partial charge on any atom is 0.277 e. The molecule has 0 unspecified atom stereocenters. The van der Waals surface area contributed by atoms with E-state index in [-0.39, 0.29) is 5.91 Å². The van der Waals surface area contributed by atoms with Crippen molar-refractivity contribution in [1.29, 1.82) is 0 Å². The van der Waals surface area contributed by atoms with Crippen molar-refractivity contribution in [3.63, 3.8) is 0 Å². The van der Waals surface area contributed by atoms with E-state index in [0.29, 0.717) is 11.0 Å². The van der Waals surface area contributed by atoms with E-state index < -0.39 is 0 Å². The lowest BCUT2D eigenvalue weighted by Crippen LogP contribution is -2.27. The van der Waals surface area contributed by atoms with Crippen molar-refractivity contribution in [2.24, 2.45) is 0 Å². The van der Waals surface area contributed by atoms with Gasteiger partial charge in [0.2, 0.25) is 0 Å². The van der Waals surface area contributed by atoms with Crippen LogP contribution in [-0.4, -0.2) is 33.0 Å². The molecule has 14 heavy (non-hydrogen) atoms. The maximum absolute atomic E-state index is 11.7. The number of amides is 1. The average molecular weight is 189 g/mol. The Morgan fingerprint density at radius 1 is 1.50 bits per heavy atom. The molecule has 72 valence electrons. The lowest BCUT2D eigenvalue weighted by molar-refractivity contribution is -0.0757. The predicted molar refractivity (Wildman–Crippen MR) is 55.7 cm³/mol. The molecule has 0 atom stereocenters. The highest BCUT2D eigenvalue weighted by atomic mass is 16.7. The summed E-state index contributed by atoms with van der Waals surface area (Å²) in [5, 5.41) is 1.17. The zero-order chi connectivity index (χ0) is 10.7. The van der Waals surface area contributed by atoms with Crippen LogP contribution < -0.4 is 5.46 Å². The van der Waals surface area contributed by atoms with Gasteiger partial charge in [0, 0.05) is 12.6 Å². The molecular weight excluding hydrogens is 177 g/mol. The highest BCUT2D eigenvalue weighted by Crippen LogP contribution is 2.07. The van der Waals surface area contributed by atoms with Crippen LogP contribution in [-0.2, 0) is 4.84 Å². The Balaban J connectivity index is 3.07. The van der Waals surface area contributed by atoms with Crippen molar-refractivity contribution in [1.82, 2.24) is 5.06 Å². The van der Waals surface area contributed by atoms with Crippen LogP contribution in [0.15, 0.2) is 18.2 Å². The van der Waals surface area contributed by atoms with Crippen molar-refractivity contribution < 1.29 is 9.63 Å². The predicted octanol–water partition coefficient (Wildman–Crippen LogP) is 0.422. The van der Waals surface area contributed by atoms with Crippen LogP contribution in [0.4, 0.5) is 0 Å². The van der Waals surface area contributed by atoms with Gasteiger partial charge in [-0.1, -0.05) is 17.6 Å². The molecule has 0 N–H and O–H groups in total. The SMILES string of the molecule is [B]c1cccc(C(=O)N(C)OC)c1C. The molecule has 0 aliphatic carbocycles. The minimum absolute atomic E-state index is 0.197. The van der Waals surface area contributed by atoms with Gasteiger partial charge < -0.3 is 0 Å². The van der Waals surface area contributed by atoms with Crippen LogP contribution in [0.5, 0.6) is 0 Å². The first-order valence-electron chi connectivity index (χ1n) is 4.25. The summed E-state index contributed by atoms with van der Waals surface area (Å²) in [6.45, 7) is 1.81. The molecule has 0 aliphatic rings. The fourth-order valence-corrected chi connectivity index (χ4v) is 1.14. The van der Waals surface area contributed by atoms with Gasteiger partial charge in [0.1, 0.15) is 7.85 Å². The van der Waals surface area contributed by atoms with Crippen molar-refractivity contribution in [3.8, 4) is 0 Å². The van der Waals surface area contributed by atoms with Gasteiger partial charge in [-0.2, -0.15) is 0 Å². The summed E-state index contributed by atoms with van der Waals surface area (Å²) in [6, 6.07) is 5.24. The van der Waals surface area contributed by atoms with Crippen LogP contribution in [0, 0.1) is 6.92 Å². The summed E-state index contributed by atoms with van der Waals surface area (Å²) in [5.41, 5.74) is 1.95. The lowest BCUT2D eigenvalue weighted by Gasteiger charge is -2.15. The molecule has 1 amide bonds. The molecule has 3 nitrogen and oxygen atoms in total. The third-order valence-corrected chi connectivity index (χ3v) is 2.17. The van der Waals surface area contributed by atoms with Crippen molar-refractivity contribution in [2.45, 2.75) is 6.92 Å². The van der Waals surface area contributed by atoms with Gasteiger partial charge in [0.25, 0.3) is 5.91 Å². The zero-order valence-corrected chi connectivity index (χ0v) is 8.57. The largest absolute Gasteiger partial charge is 0.277 e. The van der Waals surface area contributed by atoms with Crippen LogP contribution in [0.1, 0.15) is 15.9 Å². The average Bonchev–Trinajstić information content (AvgIpc) is 2.20. The Labute approximate surface area is 85.0 Å². The first kappa shape index (κ1) is 10.8. The highest BCUT2D eigenvalue weighted by molar-refractivity contribution is 6.33. The van der Waals surface area contributed by atoms with E-state index >= 15 is 0 Å². The Bertz CT molecular complexity index is 352. The molecule has 1 aromatic carbocycles. The molecule has 1 rings (SSSR count). The first-order valence-corrected chi connectivity index (χ1v) is 4.25. The van der Waals surface area contributed by atoms with E-state index in [1.807, 2.05) is 6.92 Å². The molecule has 0 spiro atoms. The fourth-order valence-electron chi connectivity index (χ4n) is 1.14. The maximum atomic E-state index is 11.7. The zero-order valence-electron chi connectivity index (χ0n) is 8.57. The number of nitrogens with zero attached hydrogens (tertiary/aromatic N) is 1. The first-order chi connectivity index (χ1) is 6.57. The molecule has 0 heterocycles. The third kappa shape index (κ3) is 1.96. The van der Waals surface area contributed by atoms with Gasteiger partial charge in [-0.15, -0.1) is 0 Å². The van der Waals surface area contributed by atoms with E-state index in [4.69, 9.17) is 12.7 Å². The van der Waals surface area contributed by atoms with Crippen LogP contribution in [0.2, 0.25) is 0 Å². The fraction of sp³-hybridized carbons (Fsp3) is 0.300. The van der Waals surface area contributed by atoms with Crippen molar-refractivity contribution in [2.75, 3.05) is 14.2 Å². The molecular formula is C10H12BNO2. The Morgan fingerprint density at radius 3 is 2.71 bits per heavy atom. The summed E-state index contributed by atoms with van der Waals surface area (Å²) in [6.07, 6.45) is 0. The van der Waals surface area contributed by atoms with E-state index in [1.165, 1.54) is 12.2 Å². The number of hydrogen-bond acceptors (Lipinski definition) is 2. The normalized spacial score (nSPS) is 9.93. The molecule has 4 heteroatoms. The Kier molecular flexibility index (Phi) is 3.30.